The molecule has 0 atom stereocenters. The van der Waals surface area contributed by atoms with Gasteiger partial charge in [0.25, 0.3) is 5.56 Å². The van der Waals surface area contributed by atoms with Gasteiger partial charge in [-0.3, -0.25) is 4.79 Å². The van der Waals surface area contributed by atoms with Crippen LogP contribution in [-0.4, -0.2) is 48.4 Å². The second-order valence-corrected chi connectivity index (χ2v) is 7.30. The Kier molecular flexibility index (Phi) is 5.76. The maximum absolute atomic E-state index is 12.6. The van der Waals surface area contributed by atoms with Crippen LogP contribution in [0.1, 0.15) is 18.4 Å². The molecule has 0 N–H and O–H groups in total. The van der Waals surface area contributed by atoms with Gasteiger partial charge in [-0.1, -0.05) is 41.9 Å². The molecule has 25 heavy (non-hydrogen) atoms. The summed E-state index contributed by atoms with van der Waals surface area (Å²) >= 11 is 6.38. The van der Waals surface area contributed by atoms with E-state index in [2.05, 4.69) is 21.9 Å². The van der Waals surface area contributed by atoms with Gasteiger partial charge in [-0.05, 0) is 44.5 Å². The zero-order chi connectivity index (χ0) is 17.8. The van der Waals surface area contributed by atoms with Crippen molar-refractivity contribution in [1.82, 2.24) is 14.7 Å². The van der Waals surface area contributed by atoms with Gasteiger partial charge in [0.05, 0.1) is 18.4 Å². The van der Waals surface area contributed by atoms with E-state index in [1.165, 1.54) is 17.5 Å². The quantitative estimate of drug-likeness (QED) is 0.822. The molecule has 0 bridgehead atoms. The first-order valence-electron chi connectivity index (χ1n) is 8.74. The van der Waals surface area contributed by atoms with Crippen LogP contribution < -0.4 is 10.5 Å². The lowest BCUT2D eigenvalue weighted by Gasteiger charge is -2.32. The molecule has 1 aliphatic rings. The van der Waals surface area contributed by atoms with E-state index < -0.39 is 0 Å². The molecule has 3 rings (SSSR count). The number of anilines is 1. The van der Waals surface area contributed by atoms with Crippen LogP contribution in [-0.2, 0) is 6.54 Å². The lowest BCUT2D eigenvalue weighted by molar-refractivity contribution is 0.222. The van der Waals surface area contributed by atoms with Crippen LogP contribution in [0, 0.1) is 5.92 Å². The molecule has 134 valence electrons. The largest absolute Gasteiger partial charge is 0.372 e. The minimum Gasteiger partial charge on any atom is -0.372 e. The van der Waals surface area contributed by atoms with Crippen molar-refractivity contribution in [2.24, 2.45) is 5.92 Å². The number of aromatic nitrogens is 2. The van der Waals surface area contributed by atoms with Crippen LogP contribution in [0.4, 0.5) is 5.69 Å². The molecule has 0 spiro atoms. The summed E-state index contributed by atoms with van der Waals surface area (Å²) in [5, 5.41) is 4.58. The first-order chi connectivity index (χ1) is 12.0. The fraction of sp³-hybridized carbons (Fsp3) is 0.474. The molecule has 0 radical (unpaired) electrons. The Bertz CT molecular complexity index is 754. The Hall–Kier alpha value is -1.85. The Balaban J connectivity index is 1.72. The van der Waals surface area contributed by atoms with Gasteiger partial charge < -0.3 is 9.80 Å². The van der Waals surface area contributed by atoms with E-state index in [0.29, 0.717) is 12.5 Å². The zero-order valence-corrected chi connectivity index (χ0v) is 15.6. The lowest BCUT2D eigenvalue weighted by Crippen LogP contribution is -2.36. The van der Waals surface area contributed by atoms with E-state index in [-0.39, 0.29) is 10.6 Å². The molecule has 1 aromatic carbocycles. The first-order valence-corrected chi connectivity index (χ1v) is 9.11. The van der Waals surface area contributed by atoms with Gasteiger partial charge in [-0.15, -0.1) is 0 Å². The lowest BCUT2D eigenvalue weighted by atomic mass is 9.96. The van der Waals surface area contributed by atoms with Crippen LogP contribution in [0.5, 0.6) is 0 Å². The molecule has 0 saturated carbocycles. The molecule has 2 aromatic rings. The standard InChI is InChI=1S/C19H25ClN4O/c1-22-10-8-16(9-11-22)13-23(2)17-12-21-24(19(25)18(17)20)14-15-6-4-3-5-7-15/h3-7,12,16H,8-11,13-14H2,1-2H3. The SMILES string of the molecule is CN1CCC(CN(C)c2cnn(Cc3ccccc3)c(=O)c2Cl)CC1. The summed E-state index contributed by atoms with van der Waals surface area (Å²) in [5.74, 6) is 0.629. The Morgan fingerprint density at radius 2 is 1.92 bits per heavy atom. The monoisotopic (exact) mass is 360 g/mol. The second-order valence-electron chi connectivity index (χ2n) is 6.92. The smallest absolute Gasteiger partial charge is 0.287 e. The third-order valence-corrected chi connectivity index (χ3v) is 5.28. The number of nitrogens with zero attached hydrogens (tertiary/aromatic N) is 4. The van der Waals surface area contributed by atoms with E-state index in [0.717, 1.165) is 30.9 Å². The molecular formula is C19H25ClN4O. The van der Waals surface area contributed by atoms with Crippen molar-refractivity contribution in [2.45, 2.75) is 19.4 Å². The summed E-state index contributed by atoms with van der Waals surface area (Å²) in [7, 11) is 4.15. The summed E-state index contributed by atoms with van der Waals surface area (Å²) in [6, 6.07) is 9.80. The second kappa shape index (κ2) is 8.02. The third-order valence-electron chi connectivity index (χ3n) is 4.92. The van der Waals surface area contributed by atoms with Gasteiger partial charge >= 0.3 is 0 Å². The van der Waals surface area contributed by atoms with Crippen LogP contribution in [0.25, 0.3) is 0 Å². The van der Waals surface area contributed by atoms with Gasteiger partial charge in [0.2, 0.25) is 0 Å². The molecule has 1 fully saturated rings. The molecule has 0 unspecified atom stereocenters. The van der Waals surface area contributed by atoms with Crippen LogP contribution >= 0.6 is 11.6 Å². The summed E-state index contributed by atoms with van der Waals surface area (Å²) in [5.41, 5.74) is 1.51. The van der Waals surface area contributed by atoms with Gasteiger partial charge in [-0.2, -0.15) is 5.10 Å². The Labute approximate surface area is 153 Å². The number of rotatable bonds is 5. The van der Waals surface area contributed by atoms with E-state index in [1.807, 2.05) is 37.4 Å². The molecule has 1 aliphatic heterocycles. The topological polar surface area (TPSA) is 41.4 Å². The van der Waals surface area contributed by atoms with Crippen molar-refractivity contribution in [2.75, 3.05) is 38.6 Å². The van der Waals surface area contributed by atoms with Gasteiger partial charge in [0, 0.05) is 13.6 Å². The third kappa shape index (κ3) is 4.41. The highest BCUT2D eigenvalue weighted by atomic mass is 35.5. The molecule has 6 heteroatoms. The summed E-state index contributed by atoms with van der Waals surface area (Å²) < 4.78 is 1.42. The van der Waals surface area contributed by atoms with Crippen LogP contribution in [0.3, 0.4) is 0 Å². The number of likely N-dealkylation sites (tertiary alicyclic amines) is 1. The molecule has 2 heterocycles. The van der Waals surface area contributed by atoms with E-state index in [4.69, 9.17) is 11.6 Å². The number of piperidine rings is 1. The Morgan fingerprint density at radius 3 is 2.60 bits per heavy atom. The van der Waals surface area contributed by atoms with Crippen molar-refractivity contribution in [3.63, 3.8) is 0 Å². The molecule has 1 saturated heterocycles. The van der Waals surface area contributed by atoms with Crippen LogP contribution in [0.2, 0.25) is 5.02 Å². The summed E-state index contributed by atoms with van der Waals surface area (Å²) in [6.45, 7) is 3.59. The minimum atomic E-state index is -0.238. The van der Waals surface area contributed by atoms with E-state index in [1.54, 1.807) is 6.20 Å². The highest BCUT2D eigenvalue weighted by Gasteiger charge is 2.20. The molecule has 0 aliphatic carbocycles. The van der Waals surface area contributed by atoms with Gasteiger partial charge in [-0.25, -0.2) is 4.68 Å². The zero-order valence-electron chi connectivity index (χ0n) is 14.9. The summed E-state index contributed by atoms with van der Waals surface area (Å²) in [4.78, 5) is 17.0. The molecule has 0 amide bonds. The van der Waals surface area contributed by atoms with Crippen molar-refractivity contribution in [3.05, 3.63) is 57.5 Å². The number of hydrogen-bond donors (Lipinski definition) is 0. The fourth-order valence-electron chi connectivity index (χ4n) is 3.32. The average molecular weight is 361 g/mol. The van der Waals surface area contributed by atoms with Crippen molar-refractivity contribution in [1.29, 1.82) is 0 Å². The van der Waals surface area contributed by atoms with E-state index >= 15 is 0 Å². The van der Waals surface area contributed by atoms with Crippen molar-refractivity contribution >= 4 is 17.3 Å². The van der Waals surface area contributed by atoms with Gasteiger partial charge in [0.1, 0.15) is 5.02 Å². The highest BCUT2D eigenvalue weighted by Crippen LogP contribution is 2.24. The normalized spacial score (nSPS) is 16.1. The minimum absolute atomic E-state index is 0.238. The van der Waals surface area contributed by atoms with E-state index in [9.17, 15) is 4.79 Å². The van der Waals surface area contributed by atoms with Gasteiger partial charge in [0.15, 0.2) is 0 Å². The number of benzene rings is 1. The molecular weight excluding hydrogens is 336 g/mol. The highest BCUT2D eigenvalue weighted by molar-refractivity contribution is 6.33. The van der Waals surface area contributed by atoms with Crippen molar-refractivity contribution < 1.29 is 0 Å². The fourth-order valence-corrected chi connectivity index (χ4v) is 3.61. The first kappa shape index (κ1) is 18.0. The Morgan fingerprint density at radius 1 is 1.24 bits per heavy atom. The number of halogens is 1. The maximum atomic E-state index is 12.6. The predicted molar refractivity (Wildman–Crippen MR) is 103 cm³/mol. The predicted octanol–water partition coefficient (Wildman–Crippen LogP) is 2.72. The molecule has 5 nitrogen and oxygen atoms in total. The summed E-state index contributed by atoms with van der Waals surface area (Å²) in [6.07, 6.45) is 4.07. The average Bonchev–Trinajstić information content (AvgIpc) is 2.62. The van der Waals surface area contributed by atoms with Crippen molar-refractivity contribution in [3.8, 4) is 0 Å². The number of hydrogen-bond acceptors (Lipinski definition) is 4. The van der Waals surface area contributed by atoms with Crippen LogP contribution in [0.15, 0.2) is 41.3 Å². The maximum Gasteiger partial charge on any atom is 0.287 e. The molecule has 1 aromatic heterocycles.